The first-order valence-corrected chi connectivity index (χ1v) is 14.9. The average Bonchev–Trinajstić information content (AvgIpc) is 3.41. The van der Waals surface area contributed by atoms with Crippen molar-refractivity contribution in [1.82, 2.24) is 10.3 Å². The molecule has 7 rings (SSSR count). The summed E-state index contributed by atoms with van der Waals surface area (Å²) in [6.45, 7) is 1.61. The van der Waals surface area contributed by atoms with Crippen molar-refractivity contribution in [2.24, 2.45) is 0 Å². The molecule has 1 spiro atoms. The fraction of sp³-hybridized carbons (Fsp3) is 0.324. The standard InChI is InChI=1S/C34H34ClN3O3/c35-28-20-25-10-7-17-38-32(25)30(22-28)37-19-18-36-29-13-15-33(16-14-29)39-31-21-26(24-8-3-1-4-9-24)23-34(31,41-40-33)27-11-5-2-6-12-27/h1-12,17,20-22,29,31,36-37H,13-16,18-19,23H2/t29?,31-,33?,34-/m1/s1. The maximum absolute atomic E-state index is 6.85. The summed E-state index contributed by atoms with van der Waals surface area (Å²) in [5.74, 6) is -0.729. The second kappa shape index (κ2) is 11.2. The molecule has 7 heteroatoms. The number of anilines is 1. The first-order valence-electron chi connectivity index (χ1n) is 14.5. The molecule has 6 nitrogen and oxygen atoms in total. The highest BCUT2D eigenvalue weighted by Gasteiger charge is 2.57. The van der Waals surface area contributed by atoms with E-state index < -0.39 is 11.4 Å². The fourth-order valence-electron chi connectivity index (χ4n) is 6.48. The van der Waals surface area contributed by atoms with Gasteiger partial charge in [-0.2, -0.15) is 0 Å². The van der Waals surface area contributed by atoms with Crippen molar-refractivity contribution in [1.29, 1.82) is 0 Å². The predicted molar refractivity (Wildman–Crippen MR) is 162 cm³/mol. The smallest absolute Gasteiger partial charge is 0.202 e. The molecule has 0 unspecified atom stereocenters. The van der Waals surface area contributed by atoms with E-state index >= 15 is 0 Å². The van der Waals surface area contributed by atoms with E-state index in [4.69, 9.17) is 26.1 Å². The maximum Gasteiger partial charge on any atom is 0.202 e. The Morgan fingerprint density at radius 2 is 1.66 bits per heavy atom. The molecule has 4 aromatic rings. The quantitative estimate of drug-likeness (QED) is 0.181. The summed E-state index contributed by atoms with van der Waals surface area (Å²) in [5, 5.41) is 8.95. The van der Waals surface area contributed by atoms with E-state index in [9.17, 15) is 0 Å². The molecule has 1 aliphatic heterocycles. The van der Waals surface area contributed by atoms with E-state index in [-0.39, 0.29) is 6.10 Å². The number of pyridine rings is 1. The van der Waals surface area contributed by atoms with Crippen LogP contribution in [0, 0.1) is 0 Å². The largest absolute Gasteiger partial charge is 0.382 e. The summed E-state index contributed by atoms with van der Waals surface area (Å²) in [6, 6.07) is 29.1. The van der Waals surface area contributed by atoms with Crippen LogP contribution in [-0.4, -0.2) is 36.0 Å². The van der Waals surface area contributed by atoms with E-state index in [2.05, 4.69) is 58.1 Å². The molecule has 0 radical (unpaired) electrons. The van der Waals surface area contributed by atoms with E-state index in [1.165, 1.54) is 11.1 Å². The third-order valence-corrected chi connectivity index (χ3v) is 8.86. The van der Waals surface area contributed by atoms with Gasteiger partial charge in [0.05, 0.1) is 11.2 Å². The van der Waals surface area contributed by atoms with Crippen molar-refractivity contribution >= 4 is 33.8 Å². The van der Waals surface area contributed by atoms with Crippen LogP contribution in [-0.2, 0) is 20.1 Å². The third kappa shape index (κ3) is 5.27. The summed E-state index contributed by atoms with van der Waals surface area (Å²) in [4.78, 5) is 17.2. The Hall–Kier alpha value is -3.26. The zero-order chi connectivity index (χ0) is 27.7. The van der Waals surface area contributed by atoms with Crippen molar-refractivity contribution in [2.75, 3.05) is 18.4 Å². The number of nitrogens with zero attached hydrogens (tertiary/aromatic N) is 1. The van der Waals surface area contributed by atoms with Gasteiger partial charge in [0, 0.05) is 55.0 Å². The van der Waals surface area contributed by atoms with Crippen molar-refractivity contribution in [2.45, 2.75) is 55.6 Å². The summed E-state index contributed by atoms with van der Waals surface area (Å²) < 4.78 is 6.85. The van der Waals surface area contributed by atoms with Gasteiger partial charge in [-0.25, -0.2) is 9.78 Å². The van der Waals surface area contributed by atoms with Gasteiger partial charge < -0.3 is 15.4 Å². The molecule has 1 aromatic heterocycles. The number of rotatable bonds is 7. The Bertz CT molecular complexity index is 1540. The van der Waals surface area contributed by atoms with Crippen molar-refractivity contribution < 1.29 is 14.5 Å². The molecule has 2 fully saturated rings. The number of nitrogens with one attached hydrogen (secondary N) is 2. The van der Waals surface area contributed by atoms with E-state index in [0.29, 0.717) is 17.5 Å². The van der Waals surface area contributed by atoms with Crippen LogP contribution >= 0.6 is 11.6 Å². The first kappa shape index (κ1) is 26.6. The van der Waals surface area contributed by atoms with Gasteiger partial charge >= 0.3 is 0 Å². The van der Waals surface area contributed by atoms with E-state index in [0.717, 1.165) is 60.9 Å². The topological polar surface area (TPSA) is 64.6 Å². The lowest BCUT2D eigenvalue weighted by Gasteiger charge is -2.49. The lowest BCUT2D eigenvalue weighted by molar-refractivity contribution is -0.531. The molecule has 2 heterocycles. The zero-order valence-corrected chi connectivity index (χ0v) is 23.6. The Labute approximate surface area is 245 Å². The molecule has 2 atom stereocenters. The number of ether oxygens (including phenoxy) is 1. The minimum absolute atomic E-state index is 0.219. The van der Waals surface area contributed by atoms with Crippen LogP contribution in [0.4, 0.5) is 5.69 Å². The van der Waals surface area contributed by atoms with Crippen molar-refractivity contribution in [3.05, 3.63) is 113 Å². The van der Waals surface area contributed by atoms with E-state index in [1.807, 2.05) is 54.7 Å². The van der Waals surface area contributed by atoms with Crippen molar-refractivity contribution in [3.63, 3.8) is 0 Å². The lowest BCUT2D eigenvalue weighted by atomic mass is 9.85. The molecule has 2 N–H and O–H groups in total. The molecule has 41 heavy (non-hydrogen) atoms. The third-order valence-electron chi connectivity index (χ3n) is 8.65. The number of benzene rings is 3. The highest BCUT2D eigenvalue weighted by Crippen LogP contribution is 2.53. The van der Waals surface area contributed by atoms with Gasteiger partial charge in [0.2, 0.25) is 5.79 Å². The highest BCUT2D eigenvalue weighted by atomic mass is 35.5. The molecular formula is C34H34ClN3O3. The van der Waals surface area contributed by atoms with Gasteiger partial charge in [0.25, 0.3) is 0 Å². The van der Waals surface area contributed by atoms with Gasteiger partial charge in [-0.3, -0.25) is 4.98 Å². The van der Waals surface area contributed by atoms with Gasteiger partial charge in [-0.05, 0) is 53.8 Å². The number of hydrogen-bond donors (Lipinski definition) is 2. The van der Waals surface area contributed by atoms with Crippen LogP contribution in [0.15, 0.2) is 97.2 Å². The predicted octanol–water partition coefficient (Wildman–Crippen LogP) is 7.26. The average molecular weight is 568 g/mol. The second-order valence-electron chi connectivity index (χ2n) is 11.3. The van der Waals surface area contributed by atoms with Crippen LogP contribution < -0.4 is 10.6 Å². The number of hydrogen-bond acceptors (Lipinski definition) is 6. The minimum Gasteiger partial charge on any atom is -0.382 e. The zero-order valence-electron chi connectivity index (χ0n) is 22.9. The SMILES string of the molecule is Clc1cc(NCCNC2CCC3(CC2)OO[C@@]2(c4ccccc4)CC(c4ccccc4)=C[C@H]2O3)c2ncccc2c1. The minimum atomic E-state index is -0.729. The Kier molecular flexibility index (Phi) is 7.27. The summed E-state index contributed by atoms with van der Waals surface area (Å²) in [5.41, 5.74) is 4.71. The Balaban J connectivity index is 0.982. The summed E-state index contributed by atoms with van der Waals surface area (Å²) in [7, 11) is 0. The summed E-state index contributed by atoms with van der Waals surface area (Å²) >= 11 is 6.32. The number of aromatic nitrogens is 1. The number of halogens is 1. The molecule has 1 saturated heterocycles. The molecule has 0 amide bonds. The molecule has 2 aliphatic carbocycles. The van der Waals surface area contributed by atoms with Crippen LogP contribution in [0.2, 0.25) is 5.02 Å². The van der Waals surface area contributed by atoms with Crippen LogP contribution in [0.25, 0.3) is 16.5 Å². The molecule has 3 aromatic carbocycles. The number of fused-ring (bicyclic) bond motifs is 2. The van der Waals surface area contributed by atoms with E-state index in [1.54, 1.807) is 0 Å². The van der Waals surface area contributed by atoms with Crippen molar-refractivity contribution in [3.8, 4) is 0 Å². The van der Waals surface area contributed by atoms with Crippen LogP contribution in [0.5, 0.6) is 0 Å². The van der Waals surface area contributed by atoms with Gasteiger partial charge in [-0.1, -0.05) is 78.3 Å². The lowest BCUT2D eigenvalue weighted by Crippen LogP contribution is -2.56. The monoisotopic (exact) mass is 567 g/mol. The normalized spacial score (nSPS) is 27.5. The van der Waals surface area contributed by atoms with Crippen LogP contribution in [0.3, 0.4) is 0 Å². The Morgan fingerprint density at radius 3 is 2.46 bits per heavy atom. The van der Waals surface area contributed by atoms with Gasteiger partial charge in [0.1, 0.15) is 6.10 Å². The summed E-state index contributed by atoms with van der Waals surface area (Å²) in [6.07, 6.45) is 7.99. The highest BCUT2D eigenvalue weighted by molar-refractivity contribution is 6.31. The fourth-order valence-corrected chi connectivity index (χ4v) is 6.71. The molecule has 210 valence electrons. The van der Waals surface area contributed by atoms with Gasteiger partial charge in [0.15, 0.2) is 5.60 Å². The molecule has 3 aliphatic rings. The second-order valence-corrected chi connectivity index (χ2v) is 11.7. The molecule has 1 saturated carbocycles. The van der Waals surface area contributed by atoms with Gasteiger partial charge in [-0.15, -0.1) is 0 Å². The Morgan fingerprint density at radius 1 is 0.878 bits per heavy atom. The molecular weight excluding hydrogens is 534 g/mol. The van der Waals surface area contributed by atoms with Crippen LogP contribution in [0.1, 0.15) is 43.2 Å². The molecule has 0 bridgehead atoms. The maximum atomic E-state index is 6.85. The first-order chi connectivity index (χ1) is 20.1.